The van der Waals surface area contributed by atoms with Crippen molar-refractivity contribution < 1.29 is 13.2 Å². The quantitative estimate of drug-likeness (QED) is 0.719. The molecule has 1 amide bonds. The van der Waals surface area contributed by atoms with Crippen molar-refractivity contribution in [2.45, 2.75) is 32.2 Å². The smallest absolute Gasteiger partial charge is 0.225 e. The molecule has 0 bridgehead atoms. The fourth-order valence-electron chi connectivity index (χ4n) is 2.99. The molecule has 1 aliphatic rings. The van der Waals surface area contributed by atoms with Crippen molar-refractivity contribution in [1.29, 1.82) is 0 Å². The second kappa shape index (κ2) is 9.12. The summed E-state index contributed by atoms with van der Waals surface area (Å²) in [7, 11) is -1.46. The molecular formula is C17H26BrN3O3S. The molecule has 1 aromatic rings. The first-order valence-electron chi connectivity index (χ1n) is 8.55. The molecule has 1 aromatic carbocycles. The predicted octanol–water partition coefficient (Wildman–Crippen LogP) is 2.52. The number of hydrogen-bond donors (Lipinski definition) is 1. The van der Waals surface area contributed by atoms with E-state index in [2.05, 4.69) is 26.1 Å². The van der Waals surface area contributed by atoms with Gasteiger partial charge in [-0.1, -0.05) is 22.0 Å². The third kappa shape index (κ3) is 6.06. The number of likely N-dealkylation sites (tertiary alicyclic amines) is 1. The van der Waals surface area contributed by atoms with E-state index >= 15 is 0 Å². The lowest BCUT2D eigenvalue weighted by atomic mass is 10.1. The molecule has 1 aliphatic heterocycles. The lowest BCUT2D eigenvalue weighted by molar-refractivity contribution is -0.116. The van der Waals surface area contributed by atoms with Gasteiger partial charge in [-0.3, -0.25) is 4.79 Å². The van der Waals surface area contributed by atoms with Gasteiger partial charge in [0, 0.05) is 36.2 Å². The number of carbonyl (C=O) groups excluding carboxylic acids is 1. The second-order valence-corrected chi connectivity index (χ2v) is 9.53. The van der Waals surface area contributed by atoms with Crippen LogP contribution in [-0.4, -0.2) is 62.0 Å². The SMILES string of the molecule is CCS(=O)(=O)N(C)C1CCN(CCC(=O)Nc2cccc(Br)c2)CC1. The minimum absolute atomic E-state index is 0.00842. The van der Waals surface area contributed by atoms with E-state index in [4.69, 9.17) is 0 Å². The van der Waals surface area contributed by atoms with Crippen LogP contribution < -0.4 is 5.32 Å². The Hall–Kier alpha value is -0.960. The van der Waals surface area contributed by atoms with Gasteiger partial charge in [0.2, 0.25) is 15.9 Å². The predicted molar refractivity (Wildman–Crippen MR) is 104 cm³/mol. The number of nitrogens with zero attached hydrogens (tertiary/aromatic N) is 2. The molecule has 1 N–H and O–H groups in total. The minimum atomic E-state index is -3.13. The fourth-order valence-corrected chi connectivity index (χ4v) is 4.46. The zero-order valence-corrected chi connectivity index (χ0v) is 17.1. The molecule has 1 saturated heterocycles. The number of nitrogens with one attached hydrogen (secondary N) is 1. The van der Waals surface area contributed by atoms with Crippen molar-refractivity contribution in [3.63, 3.8) is 0 Å². The molecule has 0 aromatic heterocycles. The van der Waals surface area contributed by atoms with Crippen LogP contribution in [0.3, 0.4) is 0 Å². The Morgan fingerprint density at radius 2 is 2.04 bits per heavy atom. The van der Waals surface area contributed by atoms with Crippen molar-refractivity contribution in [2.24, 2.45) is 0 Å². The Balaban J connectivity index is 1.74. The van der Waals surface area contributed by atoms with Crippen LogP contribution in [-0.2, 0) is 14.8 Å². The Bertz CT molecular complexity index is 688. The largest absolute Gasteiger partial charge is 0.326 e. The molecule has 0 unspecified atom stereocenters. The van der Waals surface area contributed by atoms with E-state index in [0.29, 0.717) is 13.0 Å². The number of piperidine rings is 1. The van der Waals surface area contributed by atoms with Crippen LogP contribution >= 0.6 is 15.9 Å². The summed E-state index contributed by atoms with van der Waals surface area (Å²) in [6.45, 7) is 4.00. The summed E-state index contributed by atoms with van der Waals surface area (Å²) in [5, 5.41) is 2.89. The van der Waals surface area contributed by atoms with Gasteiger partial charge in [-0.2, -0.15) is 0 Å². The number of amides is 1. The molecule has 0 spiro atoms. The summed E-state index contributed by atoms with van der Waals surface area (Å²) in [5.41, 5.74) is 0.782. The number of sulfonamides is 1. The van der Waals surface area contributed by atoms with Crippen molar-refractivity contribution in [3.05, 3.63) is 28.7 Å². The van der Waals surface area contributed by atoms with Crippen LogP contribution in [0.15, 0.2) is 28.7 Å². The van der Waals surface area contributed by atoms with Gasteiger partial charge in [0.15, 0.2) is 0 Å². The average Bonchev–Trinajstić information content (AvgIpc) is 2.60. The number of hydrogen-bond acceptors (Lipinski definition) is 4. The maximum atomic E-state index is 12.1. The van der Waals surface area contributed by atoms with Gasteiger partial charge >= 0.3 is 0 Å². The van der Waals surface area contributed by atoms with Crippen molar-refractivity contribution >= 4 is 37.5 Å². The Labute approximate surface area is 158 Å². The van der Waals surface area contributed by atoms with Gasteiger partial charge in [-0.05, 0) is 51.1 Å². The van der Waals surface area contributed by atoms with Crippen LogP contribution in [0, 0.1) is 0 Å². The number of halogens is 1. The van der Waals surface area contributed by atoms with Gasteiger partial charge in [0.1, 0.15) is 0 Å². The van der Waals surface area contributed by atoms with E-state index in [-0.39, 0.29) is 17.7 Å². The average molecular weight is 432 g/mol. The molecular weight excluding hydrogens is 406 g/mol. The van der Waals surface area contributed by atoms with Gasteiger partial charge in [0.05, 0.1) is 5.75 Å². The van der Waals surface area contributed by atoms with E-state index in [0.717, 1.165) is 36.1 Å². The van der Waals surface area contributed by atoms with Crippen LogP contribution in [0.2, 0.25) is 0 Å². The highest BCUT2D eigenvalue weighted by Crippen LogP contribution is 2.19. The number of anilines is 1. The maximum Gasteiger partial charge on any atom is 0.225 e. The molecule has 1 fully saturated rings. The summed E-state index contributed by atoms with van der Waals surface area (Å²) in [6, 6.07) is 7.59. The first-order valence-corrected chi connectivity index (χ1v) is 11.0. The summed E-state index contributed by atoms with van der Waals surface area (Å²) in [4.78, 5) is 14.3. The van der Waals surface area contributed by atoms with Crippen molar-refractivity contribution in [2.75, 3.05) is 37.8 Å². The normalized spacial score (nSPS) is 17.0. The standard InChI is InChI=1S/C17H26BrN3O3S/c1-3-25(23,24)20(2)16-7-10-21(11-8-16)12-9-17(22)19-15-6-4-5-14(18)13-15/h4-6,13,16H,3,7-12H2,1-2H3,(H,19,22). The van der Waals surface area contributed by atoms with Crippen LogP contribution in [0.5, 0.6) is 0 Å². The zero-order valence-electron chi connectivity index (χ0n) is 14.7. The molecule has 0 radical (unpaired) electrons. The lowest BCUT2D eigenvalue weighted by Gasteiger charge is -2.35. The summed E-state index contributed by atoms with van der Waals surface area (Å²) < 4.78 is 26.3. The van der Waals surface area contributed by atoms with E-state index in [9.17, 15) is 13.2 Å². The van der Waals surface area contributed by atoms with E-state index in [1.54, 1.807) is 14.0 Å². The summed E-state index contributed by atoms with van der Waals surface area (Å²) in [6.07, 6.45) is 2.05. The topological polar surface area (TPSA) is 69.7 Å². The molecule has 0 atom stereocenters. The summed E-state index contributed by atoms with van der Waals surface area (Å²) >= 11 is 3.38. The van der Waals surface area contributed by atoms with Crippen molar-refractivity contribution in [1.82, 2.24) is 9.21 Å². The zero-order chi connectivity index (χ0) is 18.4. The molecule has 1 heterocycles. The second-order valence-electron chi connectivity index (χ2n) is 6.30. The van der Waals surface area contributed by atoms with Crippen LogP contribution in [0.25, 0.3) is 0 Å². The number of carbonyl (C=O) groups is 1. The summed E-state index contributed by atoms with van der Waals surface area (Å²) in [5.74, 6) is 0.130. The van der Waals surface area contributed by atoms with Gasteiger partial charge in [-0.15, -0.1) is 0 Å². The number of benzene rings is 1. The Morgan fingerprint density at radius 3 is 2.64 bits per heavy atom. The van der Waals surface area contributed by atoms with E-state index in [1.165, 1.54) is 4.31 Å². The third-order valence-electron chi connectivity index (χ3n) is 4.64. The van der Waals surface area contributed by atoms with Gasteiger partial charge in [0.25, 0.3) is 0 Å². The molecule has 0 aliphatic carbocycles. The lowest BCUT2D eigenvalue weighted by Crippen LogP contribution is -2.46. The molecule has 8 heteroatoms. The van der Waals surface area contributed by atoms with Crippen LogP contribution in [0.1, 0.15) is 26.2 Å². The molecule has 6 nitrogen and oxygen atoms in total. The first-order chi connectivity index (χ1) is 11.8. The molecule has 2 rings (SSSR count). The highest BCUT2D eigenvalue weighted by molar-refractivity contribution is 9.10. The van der Waals surface area contributed by atoms with Gasteiger partial charge in [-0.25, -0.2) is 12.7 Å². The fraction of sp³-hybridized carbons (Fsp3) is 0.588. The van der Waals surface area contributed by atoms with E-state index in [1.807, 2.05) is 24.3 Å². The van der Waals surface area contributed by atoms with Gasteiger partial charge < -0.3 is 10.2 Å². The highest BCUT2D eigenvalue weighted by atomic mass is 79.9. The van der Waals surface area contributed by atoms with Crippen LogP contribution in [0.4, 0.5) is 5.69 Å². The van der Waals surface area contributed by atoms with E-state index < -0.39 is 10.0 Å². The van der Waals surface area contributed by atoms with Crippen molar-refractivity contribution in [3.8, 4) is 0 Å². The Kier molecular flexibility index (Phi) is 7.42. The maximum absolute atomic E-state index is 12.1. The molecule has 25 heavy (non-hydrogen) atoms. The Morgan fingerprint density at radius 1 is 1.36 bits per heavy atom. The highest BCUT2D eigenvalue weighted by Gasteiger charge is 2.28. The monoisotopic (exact) mass is 431 g/mol. The minimum Gasteiger partial charge on any atom is -0.326 e. The first kappa shape index (κ1) is 20.4. The molecule has 140 valence electrons. The molecule has 0 saturated carbocycles. The third-order valence-corrected chi connectivity index (χ3v) is 7.04. The number of rotatable bonds is 7.